The molecule has 5 heterocycles. The largest absolute Gasteiger partial charge is 0.458 e. The molecule has 2 aromatic carbocycles. The molecule has 0 unspecified atom stereocenters. The van der Waals surface area contributed by atoms with Crippen molar-refractivity contribution in [3.63, 3.8) is 0 Å². The summed E-state index contributed by atoms with van der Waals surface area (Å²) in [5.74, 6) is 0.589. The average molecular weight is 525 g/mol. The topological polar surface area (TPSA) is 99.9 Å². The van der Waals surface area contributed by atoms with Crippen molar-refractivity contribution >= 4 is 16.9 Å². The van der Waals surface area contributed by atoms with Gasteiger partial charge in [-0.2, -0.15) is 0 Å². The molecule has 0 fully saturated rings. The number of aliphatic hydroxyl groups is 1. The number of hydrogen-bond donors (Lipinski definition) is 1. The molecule has 0 bridgehead atoms. The Bertz CT molecular complexity index is 1740. The Labute approximate surface area is 224 Å². The molecule has 8 nitrogen and oxygen atoms in total. The zero-order valence-electron chi connectivity index (χ0n) is 21.9. The van der Waals surface area contributed by atoms with Crippen LogP contribution in [-0.2, 0) is 34.7 Å². The van der Waals surface area contributed by atoms with Crippen LogP contribution in [0.5, 0.6) is 11.5 Å². The van der Waals surface area contributed by atoms with E-state index in [9.17, 15) is 14.7 Å². The first kappa shape index (κ1) is 23.9. The molecule has 2 aromatic heterocycles. The second kappa shape index (κ2) is 8.68. The summed E-state index contributed by atoms with van der Waals surface area (Å²) in [6.45, 7) is 4.21. The number of carbonyl (C=O) groups is 1. The van der Waals surface area contributed by atoms with Crippen molar-refractivity contribution in [3.8, 4) is 34.0 Å². The number of aromatic nitrogens is 2. The summed E-state index contributed by atoms with van der Waals surface area (Å²) in [5, 5.41) is 12.0. The number of benzene rings is 2. The van der Waals surface area contributed by atoms with Gasteiger partial charge in [-0.3, -0.25) is 4.79 Å². The first-order valence-corrected chi connectivity index (χ1v) is 13.5. The summed E-state index contributed by atoms with van der Waals surface area (Å²) in [5.41, 5.74) is 4.53. The van der Waals surface area contributed by atoms with Crippen molar-refractivity contribution in [2.45, 2.75) is 58.3 Å². The van der Waals surface area contributed by atoms with Gasteiger partial charge in [0.25, 0.3) is 5.56 Å². The fourth-order valence-corrected chi connectivity index (χ4v) is 5.99. The van der Waals surface area contributed by atoms with Gasteiger partial charge in [-0.1, -0.05) is 44.5 Å². The van der Waals surface area contributed by atoms with Gasteiger partial charge in [-0.25, -0.2) is 9.78 Å². The Morgan fingerprint density at radius 3 is 2.64 bits per heavy atom. The van der Waals surface area contributed by atoms with E-state index in [1.807, 2.05) is 6.07 Å². The van der Waals surface area contributed by atoms with E-state index in [-0.39, 0.29) is 25.4 Å². The van der Waals surface area contributed by atoms with Crippen LogP contribution in [0.4, 0.5) is 0 Å². The molecular formula is C31H28N2O6. The zero-order valence-corrected chi connectivity index (χ0v) is 21.9. The second-order valence-electron chi connectivity index (χ2n) is 10.5. The van der Waals surface area contributed by atoms with Crippen LogP contribution in [0.3, 0.4) is 0 Å². The molecule has 198 valence electrons. The lowest BCUT2D eigenvalue weighted by atomic mass is 9.86. The third-order valence-corrected chi connectivity index (χ3v) is 8.21. The number of unbranched alkanes of at least 4 members (excludes halogenated alkanes) is 1. The monoisotopic (exact) mass is 524 g/mol. The Kier molecular flexibility index (Phi) is 5.32. The fraction of sp³-hybridized carbons (Fsp3) is 0.323. The Hall–Kier alpha value is -4.17. The van der Waals surface area contributed by atoms with E-state index in [2.05, 4.69) is 37.3 Å². The highest BCUT2D eigenvalue weighted by atomic mass is 16.7. The van der Waals surface area contributed by atoms with E-state index in [1.54, 1.807) is 17.6 Å². The quantitative estimate of drug-likeness (QED) is 0.329. The van der Waals surface area contributed by atoms with Gasteiger partial charge in [-0.05, 0) is 42.5 Å². The minimum atomic E-state index is -1.86. The van der Waals surface area contributed by atoms with Crippen molar-refractivity contribution in [1.29, 1.82) is 0 Å². The van der Waals surface area contributed by atoms with Crippen molar-refractivity contribution in [3.05, 3.63) is 75.1 Å². The maximum absolute atomic E-state index is 13.5. The Morgan fingerprint density at radius 1 is 1.05 bits per heavy atom. The molecule has 0 amide bonds. The molecule has 7 rings (SSSR count). The molecular weight excluding hydrogens is 496 g/mol. The summed E-state index contributed by atoms with van der Waals surface area (Å²) in [7, 11) is 0. The van der Waals surface area contributed by atoms with Gasteiger partial charge in [-0.15, -0.1) is 0 Å². The highest BCUT2D eigenvalue weighted by molar-refractivity contribution is 6.01. The van der Waals surface area contributed by atoms with E-state index >= 15 is 0 Å². The van der Waals surface area contributed by atoms with E-state index in [4.69, 9.17) is 19.2 Å². The number of carbonyl (C=O) groups excluding carboxylic acids is 1. The standard InChI is InChI=1S/C31H28N2O6/c1-3-5-6-17-7-9-18(10-8-17)26-20-11-19-14-33-24(27(19)32-23(20)13-25-28(26)39-16-38-25)12-22-21(29(33)34)15-37-30(35)31(22,36)4-2/h7-13,36H,3-6,14-16H2,1-2H3/t31-/m0/s1. The van der Waals surface area contributed by atoms with Gasteiger partial charge in [0, 0.05) is 28.1 Å². The van der Waals surface area contributed by atoms with Crippen LogP contribution in [0.2, 0.25) is 0 Å². The summed E-state index contributed by atoms with van der Waals surface area (Å²) in [4.78, 5) is 31.0. The van der Waals surface area contributed by atoms with Gasteiger partial charge in [0.15, 0.2) is 17.1 Å². The highest BCUT2D eigenvalue weighted by Gasteiger charge is 2.45. The van der Waals surface area contributed by atoms with Crippen molar-refractivity contribution in [2.75, 3.05) is 6.79 Å². The predicted octanol–water partition coefficient (Wildman–Crippen LogP) is 4.82. The summed E-state index contributed by atoms with van der Waals surface area (Å²) >= 11 is 0. The number of rotatable bonds is 5. The third-order valence-electron chi connectivity index (χ3n) is 8.21. The molecule has 3 aliphatic heterocycles. The van der Waals surface area contributed by atoms with Crippen molar-refractivity contribution < 1.29 is 24.1 Å². The summed E-state index contributed by atoms with van der Waals surface area (Å²) in [6.07, 6.45) is 3.44. The molecule has 3 aliphatic rings. The lowest BCUT2D eigenvalue weighted by Crippen LogP contribution is -2.44. The van der Waals surface area contributed by atoms with Crippen molar-refractivity contribution in [2.24, 2.45) is 0 Å². The second-order valence-corrected chi connectivity index (χ2v) is 10.5. The van der Waals surface area contributed by atoms with Gasteiger partial charge < -0.3 is 23.9 Å². The van der Waals surface area contributed by atoms with Crippen LogP contribution in [-0.4, -0.2) is 27.4 Å². The smallest absolute Gasteiger partial charge is 0.343 e. The van der Waals surface area contributed by atoms with Crippen molar-refractivity contribution in [1.82, 2.24) is 9.55 Å². The molecule has 4 aromatic rings. The third kappa shape index (κ3) is 3.44. The van der Waals surface area contributed by atoms with Gasteiger partial charge in [0.05, 0.1) is 29.0 Å². The van der Waals surface area contributed by atoms with E-state index in [0.29, 0.717) is 46.1 Å². The molecule has 8 heteroatoms. The molecule has 1 N–H and O–H groups in total. The molecule has 39 heavy (non-hydrogen) atoms. The number of ether oxygens (including phenoxy) is 3. The van der Waals surface area contributed by atoms with Gasteiger partial charge >= 0.3 is 5.97 Å². The lowest BCUT2D eigenvalue weighted by Gasteiger charge is -2.31. The molecule has 0 saturated heterocycles. The van der Waals surface area contributed by atoms with Crippen LogP contribution in [0.1, 0.15) is 55.4 Å². The predicted molar refractivity (Wildman–Crippen MR) is 145 cm³/mol. The van der Waals surface area contributed by atoms with E-state index in [1.165, 1.54) is 5.56 Å². The SMILES string of the molecule is CCCCc1ccc(-c2c3c(cc4nc5c(cc24)Cn2c-5cc4c(c2=O)COC(=O)[C@]4(O)CC)OCO3)cc1. The van der Waals surface area contributed by atoms with E-state index < -0.39 is 11.6 Å². The molecule has 0 radical (unpaired) electrons. The van der Waals surface area contributed by atoms with Gasteiger partial charge in [0.1, 0.15) is 6.61 Å². The summed E-state index contributed by atoms with van der Waals surface area (Å²) in [6, 6.07) is 14.2. The number of pyridine rings is 2. The minimum Gasteiger partial charge on any atom is -0.458 e. The maximum atomic E-state index is 13.5. The zero-order chi connectivity index (χ0) is 26.9. The number of aryl methyl sites for hydroxylation is 1. The number of hydrogen-bond acceptors (Lipinski definition) is 7. The number of nitrogens with zero attached hydrogens (tertiary/aromatic N) is 2. The minimum absolute atomic E-state index is 0.101. The van der Waals surface area contributed by atoms with Crippen LogP contribution in [0.25, 0.3) is 33.4 Å². The molecule has 0 spiro atoms. The van der Waals surface area contributed by atoms with Crippen LogP contribution in [0.15, 0.2) is 47.3 Å². The number of fused-ring (bicyclic) bond motifs is 6. The molecule has 1 atom stereocenters. The molecule has 0 saturated carbocycles. The van der Waals surface area contributed by atoms with Gasteiger partial charge in [0.2, 0.25) is 6.79 Å². The number of cyclic esters (lactones) is 1. The highest BCUT2D eigenvalue weighted by Crippen LogP contribution is 2.48. The first-order valence-electron chi connectivity index (χ1n) is 13.5. The first-order chi connectivity index (χ1) is 18.9. The summed E-state index contributed by atoms with van der Waals surface area (Å²) < 4.78 is 18.5. The Balaban J connectivity index is 1.41. The Morgan fingerprint density at radius 2 is 1.87 bits per heavy atom. The van der Waals surface area contributed by atoms with Crippen LogP contribution in [0, 0.1) is 0 Å². The maximum Gasteiger partial charge on any atom is 0.343 e. The molecule has 0 aliphatic carbocycles. The normalized spacial score (nSPS) is 18.6. The lowest BCUT2D eigenvalue weighted by molar-refractivity contribution is -0.172. The fourth-order valence-electron chi connectivity index (χ4n) is 5.99. The van der Waals surface area contributed by atoms with Crippen LogP contribution >= 0.6 is 0 Å². The van der Waals surface area contributed by atoms with E-state index in [0.717, 1.165) is 41.3 Å². The number of esters is 1. The van der Waals surface area contributed by atoms with Crippen LogP contribution < -0.4 is 15.0 Å². The average Bonchev–Trinajstić information content (AvgIpc) is 3.56.